The van der Waals surface area contributed by atoms with Crippen molar-refractivity contribution in [2.24, 2.45) is 0 Å². The van der Waals surface area contributed by atoms with Gasteiger partial charge in [0.15, 0.2) is 0 Å². The summed E-state index contributed by atoms with van der Waals surface area (Å²) in [4.78, 5) is 11.0. The van der Waals surface area contributed by atoms with E-state index in [0.29, 0.717) is 10.8 Å². The van der Waals surface area contributed by atoms with E-state index in [2.05, 4.69) is 4.57 Å². The van der Waals surface area contributed by atoms with E-state index >= 15 is 0 Å². The summed E-state index contributed by atoms with van der Waals surface area (Å²) in [6.45, 7) is 4.72. The van der Waals surface area contributed by atoms with Gasteiger partial charge in [0, 0.05) is 17.6 Å². The normalized spacial score (nSPS) is 10.9. The Bertz CT molecular complexity index is 646. The van der Waals surface area contributed by atoms with E-state index in [9.17, 15) is 4.79 Å². The number of nitrogens with zero attached hydrogens (tertiary/aromatic N) is 1. The fourth-order valence-corrected chi connectivity index (χ4v) is 2.72. The first-order valence-electron chi connectivity index (χ1n) is 6.06. The minimum Gasteiger partial charge on any atom is -0.495 e. The highest BCUT2D eigenvalue weighted by Gasteiger charge is 2.17. The van der Waals surface area contributed by atoms with Crippen LogP contribution in [0.3, 0.4) is 0 Å². The van der Waals surface area contributed by atoms with Crippen LogP contribution in [-0.2, 0) is 17.8 Å². The number of aliphatic carboxylic acids is 1. The number of hydrogen-bond acceptors (Lipinski definition) is 2. The Kier molecular flexibility index (Phi) is 3.71. The first kappa shape index (κ1) is 13.7. The second-order valence-corrected chi connectivity index (χ2v) is 4.79. The van der Waals surface area contributed by atoms with Crippen molar-refractivity contribution >= 4 is 28.5 Å². The van der Waals surface area contributed by atoms with Crippen LogP contribution >= 0.6 is 11.6 Å². The fraction of sp³-hybridized carbons (Fsp3) is 0.357. The van der Waals surface area contributed by atoms with Crippen molar-refractivity contribution in [2.75, 3.05) is 7.11 Å². The molecule has 0 fully saturated rings. The van der Waals surface area contributed by atoms with Crippen molar-refractivity contribution < 1.29 is 14.6 Å². The molecule has 1 aromatic heterocycles. The highest BCUT2D eigenvalue weighted by molar-refractivity contribution is 6.32. The van der Waals surface area contributed by atoms with E-state index in [1.54, 1.807) is 7.11 Å². The maximum atomic E-state index is 11.0. The van der Waals surface area contributed by atoms with E-state index in [1.165, 1.54) is 0 Å². The zero-order valence-corrected chi connectivity index (χ0v) is 11.9. The number of carboxylic acid groups (broad SMARTS) is 1. The number of benzene rings is 1. The van der Waals surface area contributed by atoms with Gasteiger partial charge in [0.25, 0.3) is 0 Å². The van der Waals surface area contributed by atoms with Gasteiger partial charge < -0.3 is 14.4 Å². The van der Waals surface area contributed by atoms with Crippen LogP contribution < -0.4 is 4.74 Å². The van der Waals surface area contributed by atoms with Gasteiger partial charge in [-0.25, -0.2) is 0 Å². The highest BCUT2D eigenvalue weighted by Crippen LogP contribution is 2.34. The Labute approximate surface area is 116 Å². The maximum Gasteiger partial charge on any atom is 0.307 e. The molecule has 0 amide bonds. The Morgan fingerprint density at radius 2 is 2.16 bits per heavy atom. The third-order valence-corrected chi connectivity index (χ3v) is 3.67. The molecule has 0 aliphatic rings. The average Bonchev–Trinajstić information content (AvgIpc) is 2.60. The number of halogens is 1. The molecule has 102 valence electrons. The first-order chi connectivity index (χ1) is 8.99. The molecule has 1 N–H and O–H groups in total. The SMILES string of the molecule is CCn1c(C)c(CC(=O)O)c2cc(OC)c(Cl)cc21. The van der Waals surface area contributed by atoms with Crippen molar-refractivity contribution in [3.8, 4) is 5.75 Å². The number of ether oxygens (including phenoxy) is 1. The van der Waals surface area contributed by atoms with Crippen LogP contribution in [0.4, 0.5) is 0 Å². The van der Waals surface area contributed by atoms with Crippen LogP contribution in [0.1, 0.15) is 18.2 Å². The predicted octanol–water partition coefficient (Wildman–Crippen LogP) is 3.26. The fourth-order valence-electron chi connectivity index (χ4n) is 2.48. The molecule has 1 heterocycles. The number of carboxylic acids is 1. The van der Waals surface area contributed by atoms with E-state index in [4.69, 9.17) is 21.4 Å². The molecule has 0 spiro atoms. The molecule has 4 nitrogen and oxygen atoms in total. The van der Waals surface area contributed by atoms with Crippen LogP contribution in [-0.4, -0.2) is 22.8 Å². The molecule has 0 unspecified atom stereocenters. The third-order valence-electron chi connectivity index (χ3n) is 3.37. The van der Waals surface area contributed by atoms with Crippen molar-refractivity contribution in [1.29, 1.82) is 0 Å². The van der Waals surface area contributed by atoms with E-state index in [1.807, 2.05) is 26.0 Å². The van der Waals surface area contributed by atoms with Crippen LogP contribution in [0.2, 0.25) is 5.02 Å². The molecule has 2 rings (SSSR count). The van der Waals surface area contributed by atoms with Crippen LogP contribution in [0.25, 0.3) is 10.9 Å². The summed E-state index contributed by atoms with van der Waals surface area (Å²) in [6.07, 6.45) is 0.000119. The van der Waals surface area contributed by atoms with Gasteiger partial charge in [0.1, 0.15) is 5.75 Å². The summed E-state index contributed by atoms with van der Waals surface area (Å²) in [5, 5.41) is 10.5. The quantitative estimate of drug-likeness (QED) is 0.936. The van der Waals surface area contributed by atoms with Gasteiger partial charge in [-0.15, -0.1) is 0 Å². The number of aromatic nitrogens is 1. The molecule has 5 heteroatoms. The van der Waals surface area contributed by atoms with Crippen LogP contribution in [0.5, 0.6) is 5.75 Å². The minimum absolute atomic E-state index is 0.000119. The second kappa shape index (κ2) is 5.13. The van der Waals surface area contributed by atoms with Crippen molar-refractivity contribution in [3.63, 3.8) is 0 Å². The standard InChI is InChI=1S/C14H16ClNO3/c1-4-16-8(2)9(6-14(17)18)10-5-13(19-3)11(15)7-12(10)16/h5,7H,4,6H2,1-3H3,(H,17,18). The third kappa shape index (κ3) is 2.28. The van der Waals surface area contributed by atoms with Gasteiger partial charge in [0.05, 0.1) is 24.1 Å². The Morgan fingerprint density at radius 3 is 2.68 bits per heavy atom. The Hall–Kier alpha value is -1.68. The minimum atomic E-state index is -0.841. The van der Waals surface area contributed by atoms with Crippen LogP contribution in [0.15, 0.2) is 12.1 Å². The zero-order chi connectivity index (χ0) is 14.2. The smallest absolute Gasteiger partial charge is 0.307 e. The molecule has 0 radical (unpaired) electrons. The number of fused-ring (bicyclic) bond motifs is 1. The molecule has 0 aliphatic heterocycles. The van der Waals surface area contributed by atoms with Gasteiger partial charge in [0.2, 0.25) is 0 Å². The summed E-state index contributed by atoms with van der Waals surface area (Å²) < 4.78 is 7.28. The maximum absolute atomic E-state index is 11.0. The number of carbonyl (C=O) groups is 1. The zero-order valence-electron chi connectivity index (χ0n) is 11.2. The molecule has 0 saturated heterocycles. The second-order valence-electron chi connectivity index (χ2n) is 4.38. The number of methoxy groups -OCH3 is 1. The molecule has 19 heavy (non-hydrogen) atoms. The predicted molar refractivity (Wildman–Crippen MR) is 75.3 cm³/mol. The van der Waals surface area contributed by atoms with Gasteiger partial charge in [-0.3, -0.25) is 4.79 Å². The molecular weight excluding hydrogens is 266 g/mol. The molecular formula is C14H16ClNO3. The van der Waals surface area contributed by atoms with Crippen molar-refractivity contribution in [2.45, 2.75) is 26.8 Å². The molecule has 1 aromatic carbocycles. The molecule has 0 atom stereocenters. The average molecular weight is 282 g/mol. The topological polar surface area (TPSA) is 51.5 Å². The summed E-state index contributed by atoms with van der Waals surface area (Å²) in [5.74, 6) is -0.277. The van der Waals surface area contributed by atoms with E-state index in [0.717, 1.165) is 28.7 Å². The summed E-state index contributed by atoms with van der Waals surface area (Å²) in [6, 6.07) is 3.65. The molecule has 0 aliphatic carbocycles. The summed E-state index contributed by atoms with van der Waals surface area (Å²) in [7, 11) is 1.55. The summed E-state index contributed by atoms with van der Waals surface area (Å²) in [5.41, 5.74) is 2.73. The molecule has 0 bridgehead atoms. The lowest BCUT2D eigenvalue weighted by Gasteiger charge is -2.06. The Morgan fingerprint density at radius 1 is 1.47 bits per heavy atom. The lowest BCUT2D eigenvalue weighted by atomic mass is 10.1. The van der Waals surface area contributed by atoms with Gasteiger partial charge in [-0.1, -0.05) is 11.6 Å². The van der Waals surface area contributed by atoms with Crippen LogP contribution in [0, 0.1) is 6.92 Å². The highest BCUT2D eigenvalue weighted by atomic mass is 35.5. The summed E-state index contributed by atoms with van der Waals surface area (Å²) >= 11 is 6.14. The Balaban J connectivity index is 2.79. The number of aryl methyl sites for hydroxylation is 1. The van der Waals surface area contributed by atoms with Crippen molar-refractivity contribution in [1.82, 2.24) is 4.57 Å². The lowest BCUT2D eigenvalue weighted by Crippen LogP contribution is -2.03. The number of rotatable bonds is 4. The molecule has 2 aromatic rings. The monoisotopic (exact) mass is 281 g/mol. The lowest BCUT2D eigenvalue weighted by molar-refractivity contribution is -0.136. The van der Waals surface area contributed by atoms with E-state index in [-0.39, 0.29) is 6.42 Å². The number of hydrogen-bond donors (Lipinski definition) is 1. The largest absolute Gasteiger partial charge is 0.495 e. The van der Waals surface area contributed by atoms with Crippen molar-refractivity contribution in [3.05, 3.63) is 28.4 Å². The molecule has 0 saturated carbocycles. The van der Waals surface area contributed by atoms with Gasteiger partial charge in [-0.2, -0.15) is 0 Å². The first-order valence-corrected chi connectivity index (χ1v) is 6.44. The van der Waals surface area contributed by atoms with E-state index < -0.39 is 5.97 Å². The van der Waals surface area contributed by atoms with Gasteiger partial charge in [-0.05, 0) is 31.5 Å². The van der Waals surface area contributed by atoms with Gasteiger partial charge >= 0.3 is 5.97 Å².